The van der Waals surface area contributed by atoms with Crippen LogP contribution in [0.5, 0.6) is 5.75 Å². The number of aliphatic hydroxyl groups is 1. The zero-order valence-electron chi connectivity index (χ0n) is 12.1. The minimum absolute atomic E-state index is 0.158. The van der Waals surface area contributed by atoms with Crippen LogP contribution in [0.15, 0.2) is 18.2 Å². The fourth-order valence-electron chi connectivity index (χ4n) is 1.50. The molecular weight excluding hydrogens is 240 g/mol. The molecule has 0 aliphatic carbocycles. The summed E-state index contributed by atoms with van der Waals surface area (Å²) in [5.41, 5.74) is 1.82. The summed E-state index contributed by atoms with van der Waals surface area (Å²) in [6.07, 6.45) is 0.217. The number of methoxy groups -OCH3 is 1. The number of ether oxygens (including phenoxy) is 2. The maximum Gasteiger partial charge on any atom is 0.134 e. The van der Waals surface area contributed by atoms with Gasteiger partial charge in [0.1, 0.15) is 12.4 Å². The highest BCUT2D eigenvalue weighted by Crippen LogP contribution is 2.20. The van der Waals surface area contributed by atoms with Gasteiger partial charge in [-0.3, -0.25) is 0 Å². The van der Waals surface area contributed by atoms with E-state index in [0.717, 1.165) is 11.1 Å². The van der Waals surface area contributed by atoms with Gasteiger partial charge in [0.15, 0.2) is 0 Å². The Labute approximate surface area is 115 Å². The fourth-order valence-corrected chi connectivity index (χ4v) is 1.50. The van der Waals surface area contributed by atoms with Gasteiger partial charge in [-0.25, -0.2) is 0 Å². The summed E-state index contributed by atoms with van der Waals surface area (Å²) in [5, 5.41) is 8.76. The number of rotatable bonds is 5. The summed E-state index contributed by atoms with van der Waals surface area (Å²) >= 11 is 0. The summed E-state index contributed by atoms with van der Waals surface area (Å²) in [6, 6.07) is 5.78. The SMILES string of the molecule is COc1ccc(COC(C)C(C)C)cc1C#CCO. The average molecular weight is 262 g/mol. The Bertz CT molecular complexity index is 455. The molecule has 0 fully saturated rings. The Morgan fingerprint density at radius 2 is 2.00 bits per heavy atom. The molecule has 1 aromatic carbocycles. The second kappa shape index (κ2) is 7.83. The highest BCUT2D eigenvalue weighted by Gasteiger charge is 2.08. The van der Waals surface area contributed by atoms with E-state index in [0.29, 0.717) is 18.3 Å². The summed E-state index contributed by atoms with van der Waals surface area (Å²) in [6.45, 7) is 6.74. The normalized spacial score (nSPS) is 11.9. The molecule has 0 spiro atoms. The molecule has 19 heavy (non-hydrogen) atoms. The smallest absolute Gasteiger partial charge is 0.134 e. The summed E-state index contributed by atoms with van der Waals surface area (Å²) in [4.78, 5) is 0. The van der Waals surface area contributed by atoms with Crippen molar-refractivity contribution in [1.82, 2.24) is 0 Å². The van der Waals surface area contributed by atoms with Crippen LogP contribution in [0, 0.1) is 17.8 Å². The molecule has 0 radical (unpaired) electrons. The van der Waals surface area contributed by atoms with Crippen LogP contribution in [-0.2, 0) is 11.3 Å². The zero-order chi connectivity index (χ0) is 14.3. The van der Waals surface area contributed by atoms with E-state index in [4.69, 9.17) is 14.6 Å². The summed E-state index contributed by atoms with van der Waals surface area (Å²) in [7, 11) is 1.61. The van der Waals surface area contributed by atoms with E-state index in [1.807, 2.05) is 18.2 Å². The van der Waals surface area contributed by atoms with Gasteiger partial charge in [-0.2, -0.15) is 0 Å². The van der Waals surface area contributed by atoms with Crippen molar-refractivity contribution in [3.05, 3.63) is 29.3 Å². The number of aliphatic hydroxyl groups excluding tert-OH is 1. The standard InChI is InChI=1S/C16H22O3/c1-12(2)13(3)19-11-14-7-8-16(18-4)15(10-14)6-5-9-17/h7-8,10,12-13,17H,9,11H2,1-4H3. The molecule has 0 aromatic heterocycles. The molecule has 1 atom stereocenters. The van der Waals surface area contributed by atoms with Gasteiger partial charge in [0.2, 0.25) is 0 Å². The Morgan fingerprint density at radius 3 is 2.58 bits per heavy atom. The third kappa shape index (κ3) is 4.94. The van der Waals surface area contributed by atoms with E-state index in [1.165, 1.54) is 0 Å². The highest BCUT2D eigenvalue weighted by molar-refractivity contribution is 5.48. The second-order valence-electron chi connectivity index (χ2n) is 4.75. The maximum absolute atomic E-state index is 8.76. The molecule has 0 aliphatic heterocycles. The lowest BCUT2D eigenvalue weighted by Gasteiger charge is -2.17. The van der Waals surface area contributed by atoms with E-state index in [-0.39, 0.29) is 12.7 Å². The lowest BCUT2D eigenvalue weighted by atomic mass is 10.1. The van der Waals surface area contributed by atoms with Crippen molar-refractivity contribution in [2.75, 3.05) is 13.7 Å². The average Bonchev–Trinajstić information content (AvgIpc) is 2.42. The van der Waals surface area contributed by atoms with Crippen molar-refractivity contribution in [2.24, 2.45) is 5.92 Å². The van der Waals surface area contributed by atoms with Crippen LogP contribution in [0.25, 0.3) is 0 Å². The Morgan fingerprint density at radius 1 is 1.26 bits per heavy atom. The van der Waals surface area contributed by atoms with Crippen molar-refractivity contribution < 1.29 is 14.6 Å². The first kappa shape index (κ1) is 15.6. The molecule has 104 valence electrons. The summed E-state index contributed by atoms with van der Waals surface area (Å²) < 4.78 is 11.0. The molecule has 1 N–H and O–H groups in total. The fraction of sp³-hybridized carbons (Fsp3) is 0.500. The van der Waals surface area contributed by atoms with Crippen LogP contribution in [0.1, 0.15) is 31.9 Å². The van der Waals surface area contributed by atoms with Gasteiger partial charge in [-0.05, 0) is 30.5 Å². The van der Waals surface area contributed by atoms with Crippen molar-refractivity contribution in [3.8, 4) is 17.6 Å². The summed E-state index contributed by atoms with van der Waals surface area (Å²) in [5.74, 6) is 6.72. The molecule has 1 rings (SSSR count). The van der Waals surface area contributed by atoms with Gasteiger partial charge in [-0.15, -0.1) is 0 Å². The van der Waals surface area contributed by atoms with Gasteiger partial charge in [-0.1, -0.05) is 31.8 Å². The molecule has 0 heterocycles. The molecule has 0 aliphatic rings. The minimum atomic E-state index is -0.158. The minimum Gasteiger partial charge on any atom is -0.495 e. The highest BCUT2D eigenvalue weighted by atomic mass is 16.5. The molecule has 0 amide bonds. The van der Waals surface area contributed by atoms with Crippen molar-refractivity contribution in [3.63, 3.8) is 0 Å². The van der Waals surface area contributed by atoms with Crippen molar-refractivity contribution in [2.45, 2.75) is 33.5 Å². The third-order valence-electron chi connectivity index (χ3n) is 3.02. The van der Waals surface area contributed by atoms with Crippen LogP contribution < -0.4 is 4.74 Å². The van der Waals surface area contributed by atoms with E-state index in [2.05, 4.69) is 32.6 Å². The molecule has 0 saturated heterocycles. The van der Waals surface area contributed by atoms with Gasteiger partial charge in [0, 0.05) is 0 Å². The lowest BCUT2D eigenvalue weighted by molar-refractivity contribution is 0.0235. The first-order chi connectivity index (χ1) is 9.08. The van der Waals surface area contributed by atoms with Crippen LogP contribution in [0.4, 0.5) is 0 Å². The van der Waals surface area contributed by atoms with Crippen LogP contribution in [-0.4, -0.2) is 24.9 Å². The third-order valence-corrected chi connectivity index (χ3v) is 3.02. The number of hydrogen-bond donors (Lipinski definition) is 1. The maximum atomic E-state index is 8.76. The van der Waals surface area contributed by atoms with Crippen LogP contribution in [0.3, 0.4) is 0 Å². The number of benzene rings is 1. The van der Waals surface area contributed by atoms with Crippen LogP contribution in [0.2, 0.25) is 0 Å². The monoisotopic (exact) mass is 262 g/mol. The Kier molecular flexibility index (Phi) is 6.41. The van der Waals surface area contributed by atoms with Gasteiger partial charge in [0.05, 0.1) is 25.4 Å². The molecule has 3 nitrogen and oxygen atoms in total. The molecule has 1 unspecified atom stereocenters. The van der Waals surface area contributed by atoms with Gasteiger partial charge >= 0.3 is 0 Å². The second-order valence-corrected chi connectivity index (χ2v) is 4.75. The van der Waals surface area contributed by atoms with E-state index >= 15 is 0 Å². The Balaban J connectivity index is 2.80. The van der Waals surface area contributed by atoms with Gasteiger partial charge < -0.3 is 14.6 Å². The van der Waals surface area contributed by atoms with E-state index < -0.39 is 0 Å². The predicted octanol–water partition coefficient (Wildman–Crippen LogP) is 2.60. The van der Waals surface area contributed by atoms with Crippen molar-refractivity contribution >= 4 is 0 Å². The zero-order valence-corrected chi connectivity index (χ0v) is 12.1. The largest absolute Gasteiger partial charge is 0.495 e. The quantitative estimate of drug-likeness (QED) is 0.829. The van der Waals surface area contributed by atoms with E-state index in [9.17, 15) is 0 Å². The topological polar surface area (TPSA) is 38.7 Å². The molecule has 0 bridgehead atoms. The first-order valence-corrected chi connectivity index (χ1v) is 6.46. The molecule has 1 aromatic rings. The molecule has 0 saturated carbocycles. The van der Waals surface area contributed by atoms with Crippen molar-refractivity contribution in [1.29, 1.82) is 0 Å². The Hall–Kier alpha value is -1.50. The van der Waals surface area contributed by atoms with E-state index in [1.54, 1.807) is 7.11 Å². The molecule has 3 heteroatoms. The first-order valence-electron chi connectivity index (χ1n) is 6.46. The lowest BCUT2D eigenvalue weighted by Crippen LogP contribution is -2.15. The van der Waals surface area contributed by atoms with Crippen LogP contribution >= 0.6 is 0 Å². The predicted molar refractivity (Wildman–Crippen MR) is 76.0 cm³/mol. The number of hydrogen-bond acceptors (Lipinski definition) is 3. The molecular formula is C16H22O3. The van der Waals surface area contributed by atoms with Gasteiger partial charge in [0.25, 0.3) is 0 Å².